The van der Waals surface area contributed by atoms with Crippen molar-refractivity contribution in [1.29, 1.82) is 0 Å². The predicted octanol–water partition coefficient (Wildman–Crippen LogP) is 3.81. The van der Waals surface area contributed by atoms with Crippen LogP contribution in [0, 0.1) is 19.8 Å². The Labute approximate surface area is 180 Å². The second kappa shape index (κ2) is 9.67. The fourth-order valence-electron chi connectivity index (χ4n) is 4.29. The smallest absolute Gasteiger partial charge is 0.236 e. The van der Waals surface area contributed by atoms with E-state index in [1.807, 2.05) is 30.9 Å². The third kappa shape index (κ3) is 6.09. The van der Waals surface area contributed by atoms with Gasteiger partial charge in [0.1, 0.15) is 18.0 Å². The van der Waals surface area contributed by atoms with E-state index in [9.17, 15) is 9.90 Å². The number of ether oxygens (including phenoxy) is 1. The number of hydrogen-bond acceptors (Lipinski definition) is 4. The fraction of sp³-hybridized carbons (Fsp3) is 0.696. The Kier molecular flexibility index (Phi) is 7.47. The third-order valence-corrected chi connectivity index (χ3v) is 7.02. The molecule has 0 bridgehead atoms. The number of halogens is 1. The van der Waals surface area contributed by atoms with E-state index in [1.165, 1.54) is 12.8 Å². The molecule has 1 aromatic rings. The molecular formula is C23H35ClN2O3. The highest BCUT2D eigenvalue weighted by atomic mass is 35.5. The SMILES string of the molecule is Cc1cc(OCC2(O)CCCN(C(=O)CN3CCC(C)CC3)CC2)cc(C)c1Cl. The minimum absolute atomic E-state index is 0.189. The lowest BCUT2D eigenvalue weighted by molar-refractivity contribution is -0.133. The molecule has 29 heavy (non-hydrogen) atoms. The largest absolute Gasteiger partial charge is 0.491 e. The van der Waals surface area contributed by atoms with Gasteiger partial charge in [0.25, 0.3) is 0 Å². The first-order valence-corrected chi connectivity index (χ1v) is 11.3. The summed E-state index contributed by atoms with van der Waals surface area (Å²) in [6.45, 7) is 10.3. The number of carbonyl (C=O) groups is 1. The Balaban J connectivity index is 1.51. The average Bonchev–Trinajstić information content (AvgIpc) is 2.88. The Morgan fingerprint density at radius 2 is 1.83 bits per heavy atom. The van der Waals surface area contributed by atoms with Crippen molar-refractivity contribution in [1.82, 2.24) is 9.80 Å². The van der Waals surface area contributed by atoms with Gasteiger partial charge in [-0.15, -0.1) is 0 Å². The van der Waals surface area contributed by atoms with E-state index in [-0.39, 0.29) is 12.5 Å². The van der Waals surface area contributed by atoms with Crippen molar-refractivity contribution in [2.75, 3.05) is 39.3 Å². The molecule has 2 saturated heterocycles. The normalized spacial score (nSPS) is 24.4. The first-order valence-electron chi connectivity index (χ1n) is 10.9. The summed E-state index contributed by atoms with van der Waals surface area (Å²) in [6.07, 6.45) is 4.33. The monoisotopic (exact) mass is 422 g/mol. The van der Waals surface area contributed by atoms with Crippen LogP contribution >= 0.6 is 11.6 Å². The Morgan fingerprint density at radius 1 is 1.17 bits per heavy atom. The molecule has 2 fully saturated rings. The predicted molar refractivity (Wildman–Crippen MR) is 117 cm³/mol. The first kappa shape index (κ1) is 22.4. The van der Waals surface area contributed by atoms with Gasteiger partial charge in [0.05, 0.1) is 6.54 Å². The van der Waals surface area contributed by atoms with Crippen LogP contribution in [0.4, 0.5) is 0 Å². The third-order valence-electron chi connectivity index (χ3n) is 6.42. The topological polar surface area (TPSA) is 53.0 Å². The zero-order valence-corrected chi connectivity index (χ0v) is 18.8. The molecule has 2 aliphatic rings. The summed E-state index contributed by atoms with van der Waals surface area (Å²) in [6, 6.07) is 3.81. The Bertz CT molecular complexity index is 695. The van der Waals surface area contributed by atoms with E-state index in [2.05, 4.69) is 11.8 Å². The summed E-state index contributed by atoms with van der Waals surface area (Å²) >= 11 is 6.22. The summed E-state index contributed by atoms with van der Waals surface area (Å²) < 4.78 is 5.93. The number of likely N-dealkylation sites (tertiary alicyclic amines) is 2. The van der Waals surface area contributed by atoms with Gasteiger partial charge in [0.2, 0.25) is 5.91 Å². The van der Waals surface area contributed by atoms with Crippen molar-refractivity contribution < 1.29 is 14.6 Å². The number of aryl methyl sites for hydroxylation is 2. The summed E-state index contributed by atoms with van der Waals surface area (Å²) in [5, 5.41) is 11.8. The quantitative estimate of drug-likeness (QED) is 0.783. The Morgan fingerprint density at radius 3 is 2.48 bits per heavy atom. The molecular weight excluding hydrogens is 388 g/mol. The van der Waals surface area contributed by atoms with Crippen molar-refractivity contribution >= 4 is 17.5 Å². The number of carbonyl (C=O) groups excluding carboxylic acids is 1. The number of benzene rings is 1. The molecule has 1 amide bonds. The van der Waals surface area contributed by atoms with Crippen molar-refractivity contribution in [2.24, 2.45) is 5.92 Å². The van der Waals surface area contributed by atoms with E-state index in [1.54, 1.807) is 0 Å². The van der Waals surface area contributed by atoms with Gasteiger partial charge < -0.3 is 14.7 Å². The fourth-order valence-corrected chi connectivity index (χ4v) is 4.40. The summed E-state index contributed by atoms with van der Waals surface area (Å²) in [5.41, 5.74) is 1.04. The van der Waals surface area contributed by atoms with Crippen molar-refractivity contribution in [3.05, 3.63) is 28.3 Å². The van der Waals surface area contributed by atoms with Crippen LogP contribution in [0.5, 0.6) is 5.75 Å². The van der Waals surface area contributed by atoms with Crippen LogP contribution < -0.4 is 4.74 Å². The van der Waals surface area contributed by atoms with Gasteiger partial charge in [-0.25, -0.2) is 0 Å². The molecule has 162 valence electrons. The van der Waals surface area contributed by atoms with Crippen LogP contribution in [0.3, 0.4) is 0 Å². The van der Waals surface area contributed by atoms with E-state index in [0.717, 1.165) is 47.3 Å². The van der Waals surface area contributed by atoms with Gasteiger partial charge >= 0.3 is 0 Å². The highest BCUT2D eigenvalue weighted by Gasteiger charge is 2.33. The summed E-state index contributed by atoms with van der Waals surface area (Å²) in [5.74, 6) is 1.69. The van der Waals surface area contributed by atoms with Crippen LogP contribution in [0.15, 0.2) is 12.1 Å². The minimum Gasteiger partial charge on any atom is -0.491 e. The van der Waals surface area contributed by atoms with E-state index in [0.29, 0.717) is 32.5 Å². The second-order valence-electron chi connectivity index (χ2n) is 9.08. The zero-order chi connectivity index (χ0) is 21.0. The Hall–Kier alpha value is -1.30. The maximum Gasteiger partial charge on any atom is 0.236 e. The lowest BCUT2D eigenvalue weighted by atomic mass is 9.96. The van der Waals surface area contributed by atoms with Gasteiger partial charge in [-0.2, -0.15) is 0 Å². The number of rotatable bonds is 5. The number of nitrogens with zero attached hydrogens (tertiary/aromatic N) is 2. The van der Waals surface area contributed by atoms with Crippen LogP contribution in [0.25, 0.3) is 0 Å². The lowest BCUT2D eigenvalue weighted by Gasteiger charge is -2.32. The molecule has 6 heteroatoms. The number of aliphatic hydroxyl groups is 1. The van der Waals surface area contributed by atoms with Crippen LogP contribution in [0.2, 0.25) is 5.02 Å². The standard InChI is InChI=1S/C23H35ClN2O3/c1-17-5-10-25(11-6-17)15-21(27)26-9-4-7-23(28,8-12-26)16-29-20-13-18(2)22(24)19(3)14-20/h13-14,17,28H,4-12,15-16H2,1-3H3. The average molecular weight is 423 g/mol. The van der Waals surface area contributed by atoms with Crippen molar-refractivity contribution in [3.63, 3.8) is 0 Å². The molecule has 1 N–H and O–H groups in total. The number of piperidine rings is 1. The van der Waals surface area contributed by atoms with Gasteiger partial charge in [0.15, 0.2) is 0 Å². The molecule has 0 spiro atoms. The molecule has 1 unspecified atom stereocenters. The molecule has 2 aliphatic heterocycles. The van der Waals surface area contributed by atoms with Gasteiger partial charge in [0, 0.05) is 18.1 Å². The van der Waals surface area contributed by atoms with Crippen LogP contribution in [-0.2, 0) is 4.79 Å². The number of hydrogen-bond donors (Lipinski definition) is 1. The second-order valence-corrected chi connectivity index (χ2v) is 9.46. The molecule has 0 aromatic heterocycles. The van der Waals surface area contributed by atoms with Crippen molar-refractivity contribution in [2.45, 2.75) is 58.5 Å². The molecule has 0 aliphatic carbocycles. The first-order chi connectivity index (χ1) is 13.8. The van der Waals surface area contributed by atoms with Crippen LogP contribution in [0.1, 0.15) is 50.2 Å². The number of amides is 1. The van der Waals surface area contributed by atoms with Crippen LogP contribution in [-0.4, -0.2) is 65.7 Å². The van der Waals surface area contributed by atoms with Gasteiger partial charge in [-0.1, -0.05) is 18.5 Å². The molecule has 1 atom stereocenters. The minimum atomic E-state index is -0.906. The lowest BCUT2D eigenvalue weighted by Crippen LogP contribution is -2.44. The molecule has 1 aromatic carbocycles. The maximum atomic E-state index is 12.8. The molecule has 5 nitrogen and oxygen atoms in total. The molecule has 3 rings (SSSR count). The van der Waals surface area contributed by atoms with Crippen molar-refractivity contribution in [3.8, 4) is 5.75 Å². The van der Waals surface area contributed by atoms with Gasteiger partial charge in [-0.3, -0.25) is 9.69 Å². The summed E-state index contributed by atoms with van der Waals surface area (Å²) in [4.78, 5) is 17.0. The molecule has 0 radical (unpaired) electrons. The highest BCUT2D eigenvalue weighted by Crippen LogP contribution is 2.28. The van der Waals surface area contributed by atoms with Gasteiger partial charge in [-0.05, 0) is 88.2 Å². The summed E-state index contributed by atoms with van der Waals surface area (Å²) in [7, 11) is 0. The maximum absolute atomic E-state index is 12.8. The zero-order valence-electron chi connectivity index (χ0n) is 18.0. The molecule has 0 saturated carbocycles. The highest BCUT2D eigenvalue weighted by molar-refractivity contribution is 6.32. The molecule has 2 heterocycles. The van der Waals surface area contributed by atoms with E-state index < -0.39 is 5.60 Å². The van der Waals surface area contributed by atoms with E-state index in [4.69, 9.17) is 16.3 Å². The van der Waals surface area contributed by atoms with E-state index >= 15 is 0 Å².